The van der Waals surface area contributed by atoms with Crippen LogP contribution in [0.1, 0.15) is 20.3 Å². The van der Waals surface area contributed by atoms with Crippen LogP contribution in [0.25, 0.3) is 0 Å². The van der Waals surface area contributed by atoms with E-state index in [1.165, 1.54) is 0 Å². The largest absolute Gasteiger partial charge is 0.338 e. The van der Waals surface area contributed by atoms with Crippen molar-refractivity contribution in [3.05, 3.63) is 28.2 Å². The molecule has 0 aliphatic heterocycles. The lowest BCUT2D eigenvalue weighted by molar-refractivity contribution is 0.251. The van der Waals surface area contributed by atoms with E-state index in [-0.39, 0.29) is 6.03 Å². The first-order valence-corrected chi connectivity index (χ1v) is 6.25. The third kappa shape index (κ3) is 4.84. The van der Waals surface area contributed by atoms with Crippen LogP contribution >= 0.6 is 23.2 Å². The number of urea groups is 1. The van der Waals surface area contributed by atoms with E-state index in [9.17, 15) is 4.79 Å². The number of carbonyl (C=O) groups is 1. The first-order valence-electron chi connectivity index (χ1n) is 5.49. The lowest BCUT2D eigenvalue weighted by Gasteiger charge is -2.10. The maximum Gasteiger partial charge on any atom is 0.319 e. The zero-order valence-corrected chi connectivity index (χ0v) is 11.4. The molecule has 2 amide bonds. The maximum absolute atomic E-state index is 11.5. The molecule has 0 atom stereocenters. The SMILES string of the molecule is CC(C)CCNC(=O)Nc1cccc(Cl)c1Cl. The summed E-state index contributed by atoms with van der Waals surface area (Å²) in [5.41, 5.74) is 0.515. The van der Waals surface area contributed by atoms with E-state index >= 15 is 0 Å². The van der Waals surface area contributed by atoms with Gasteiger partial charge in [-0.15, -0.1) is 0 Å². The number of nitrogens with one attached hydrogen (secondary N) is 2. The third-order valence-corrected chi connectivity index (χ3v) is 3.03. The maximum atomic E-state index is 11.5. The summed E-state index contributed by atoms with van der Waals surface area (Å²) >= 11 is 11.8. The van der Waals surface area contributed by atoms with Gasteiger partial charge >= 0.3 is 6.03 Å². The fraction of sp³-hybridized carbons (Fsp3) is 0.417. The molecule has 0 aliphatic rings. The van der Waals surface area contributed by atoms with Crippen molar-refractivity contribution >= 4 is 34.9 Å². The minimum Gasteiger partial charge on any atom is -0.338 e. The fourth-order valence-electron chi connectivity index (χ4n) is 1.24. The lowest BCUT2D eigenvalue weighted by Crippen LogP contribution is -2.30. The van der Waals surface area contributed by atoms with Crippen LogP contribution in [-0.2, 0) is 0 Å². The molecule has 17 heavy (non-hydrogen) atoms. The van der Waals surface area contributed by atoms with Gasteiger partial charge in [0.25, 0.3) is 0 Å². The highest BCUT2D eigenvalue weighted by molar-refractivity contribution is 6.43. The van der Waals surface area contributed by atoms with Gasteiger partial charge in [0.15, 0.2) is 0 Å². The fourth-order valence-corrected chi connectivity index (χ4v) is 1.59. The van der Waals surface area contributed by atoms with Gasteiger partial charge in [0.1, 0.15) is 0 Å². The van der Waals surface area contributed by atoms with Crippen LogP contribution in [0.2, 0.25) is 10.0 Å². The second-order valence-electron chi connectivity index (χ2n) is 4.16. The van der Waals surface area contributed by atoms with Crippen molar-refractivity contribution in [1.82, 2.24) is 5.32 Å². The molecule has 5 heteroatoms. The predicted molar refractivity (Wildman–Crippen MR) is 72.9 cm³/mol. The van der Waals surface area contributed by atoms with Crippen LogP contribution < -0.4 is 10.6 Å². The van der Waals surface area contributed by atoms with Crippen molar-refractivity contribution in [2.75, 3.05) is 11.9 Å². The number of hydrogen-bond acceptors (Lipinski definition) is 1. The van der Waals surface area contributed by atoms with Crippen LogP contribution in [0.15, 0.2) is 18.2 Å². The standard InChI is InChI=1S/C12H16Cl2N2O/c1-8(2)6-7-15-12(17)16-10-5-3-4-9(13)11(10)14/h3-5,8H,6-7H2,1-2H3,(H2,15,16,17). The van der Waals surface area contributed by atoms with Crippen molar-refractivity contribution in [2.45, 2.75) is 20.3 Å². The van der Waals surface area contributed by atoms with Gasteiger partial charge in [-0.3, -0.25) is 0 Å². The number of halogens is 2. The van der Waals surface area contributed by atoms with Crippen LogP contribution in [0.5, 0.6) is 0 Å². The van der Waals surface area contributed by atoms with E-state index in [1.54, 1.807) is 18.2 Å². The summed E-state index contributed by atoms with van der Waals surface area (Å²) in [5, 5.41) is 6.19. The average molecular weight is 275 g/mol. The monoisotopic (exact) mass is 274 g/mol. The Morgan fingerprint density at radius 2 is 2.06 bits per heavy atom. The summed E-state index contributed by atoms with van der Waals surface area (Å²) in [7, 11) is 0. The van der Waals surface area contributed by atoms with Gasteiger partial charge < -0.3 is 10.6 Å². The van der Waals surface area contributed by atoms with Crippen molar-refractivity contribution in [1.29, 1.82) is 0 Å². The van der Waals surface area contributed by atoms with Gasteiger partial charge in [0.05, 0.1) is 15.7 Å². The van der Waals surface area contributed by atoms with E-state index in [0.717, 1.165) is 6.42 Å². The quantitative estimate of drug-likeness (QED) is 0.851. The zero-order valence-electron chi connectivity index (χ0n) is 9.89. The Morgan fingerprint density at radius 1 is 1.35 bits per heavy atom. The lowest BCUT2D eigenvalue weighted by atomic mass is 10.1. The Kier molecular flexibility index (Phi) is 5.59. The highest BCUT2D eigenvalue weighted by Gasteiger charge is 2.07. The Balaban J connectivity index is 2.48. The van der Waals surface area contributed by atoms with Crippen molar-refractivity contribution in [3.8, 4) is 0 Å². The molecule has 0 heterocycles. The molecule has 0 aliphatic carbocycles. The number of anilines is 1. The van der Waals surface area contributed by atoms with Gasteiger partial charge in [-0.2, -0.15) is 0 Å². The minimum absolute atomic E-state index is 0.269. The molecule has 1 aromatic carbocycles. The molecule has 0 aromatic heterocycles. The van der Waals surface area contributed by atoms with E-state index in [0.29, 0.717) is 28.2 Å². The number of amides is 2. The predicted octanol–water partition coefficient (Wildman–Crippen LogP) is 4.16. The first-order chi connectivity index (χ1) is 8.00. The van der Waals surface area contributed by atoms with Gasteiger partial charge in [-0.25, -0.2) is 4.79 Å². The van der Waals surface area contributed by atoms with Crippen LogP contribution in [0.3, 0.4) is 0 Å². The third-order valence-electron chi connectivity index (χ3n) is 2.21. The van der Waals surface area contributed by atoms with Gasteiger partial charge in [0, 0.05) is 6.54 Å². The summed E-state index contributed by atoms with van der Waals surface area (Å²) in [6.45, 7) is 4.85. The molecule has 3 nitrogen and oxygen atoms in total. The highest BCUT2D eigenvalue weighted by Crippen LogP contribution is 2.29. The first kappa shape index (κ1) is 14.1. The smallest absolute Gasteiger partial charge is 0.319 e. The Hall–Kier alpha value is -0.930. The van der Waals surface area contributed by atoms with E-state index < -0.39 is 0 Å². The number of carbonyl (C=O) groups excluding carboxylic acids is 1. The summed E-state index contributed by atoms with van der Waals surface area (Å²) < 4.78 is 0. The second kappa shape index (κ2) is 6.72. The summed E-state index contributed by atoms with van der Waals surface area (Å²) in [6, 6.07) is 4.84. The van der Waals surface area contributed by atoms with Crippen molar-refractivity contribution < 1.29 is 4.79 Å². The molecule has 0 saturated heterocycles. The van der Waals surface area contributed by atoms with Crippen molar-refractivity contribution in [3.63, 3.8) is 0 Å². The molecule has 2 N–H and O–H groups in total. The molecule has 1 aromatic rings. The van der Waals surface area contributed by atoms with Crippen LogP contribution in [0.4, 0.5) is 10.5 Å². The Bertz CT molecular complexity index is 394. The van der Waals surface area contributed by atoms with Crippen LogP contribution in [-0.4, -0.2) is 12.6 Å². The zero-order chi connectivity index (χ0) is 12.8. The molecule has 0 unspecified atom stereocenters. The summed E-state index contributed by atoms with van der Waals surface area (Å²) in [6.07, 6.45) is 0.941. The molecule has 94 valence electrons. The number of hydrogen-bond donors (Lipinski definition) is 2. The van der Waals surface area contributed by atoms with Crippen molar-refractivity contribution in [2.24, 2.45) is 5.92 Å². The highest BCUT2D eigenvalue weighted by atomic mass is 35.5. The molecule has 0 fully saturated rings. The molecule has 0 bridgehead atoms. The van der Waals surface area contributed by atoms with E-state index in [2.05, 4.69) is 24.5 Å². The summed E-state index contributed by atoms with van der Waals surface area (Å²) in [5.74, 6) is 0.560. The topological polar surface area (TPSA) is 41.1 Å². The molecular formula is C12H16Cl2N2O. The van der Waals surface area contributed by atoms with Gasteiger partial charge in [-0.05, 0) is 24.5 Å². The van der Waals surface area contributed by atoms with E-state index in [1.807, 2.05) is 0 Å². The Labute approximate surface area is 111 Å². The minimum atomic E-state index is -0.269. The second-order valence-corrected chi connectivity index (χ2v) is 4.95. The molecule has 0 saturated carbocycles. The summed E-state index contributed by atoms with van der Waals surface area (Å²) in [4.78, 5) is 11.5. The van der Waals surface area contributed by atoms with E-state index in [4.69, 9.17) is 23.2 Å². The normalized spacial score (nSPS) is 10.4. The molecule has 0 radical (unpaired) electrons. The van der Waals surface area contributed by atoms with Gasteiger partial charge in [0.2, 0.25) is 0 Å². The Morgan fingerprint density at radius 3 is 2.71 bits per heavy atom. The van der Waals surface area contributed by atoms with Crippen LogP contribution in [0, 0.1) is 5.92 Å². The molecule has 1 rings (SSSR count). The number of benzene rings is 1. The van der Waals surface area contributed by atoms with Gasteiger partial charge in [-0.1, -0.05) is 43.1 Å². The molecular weight excluding hydrogens is 259 g/mol. The number of rotatable bonds is 4. The molecule has 0 spiro atoms. The average Bonchev–Trinajstić information content (AvgIpc) is 2.24.